The van der Waals surface area contributed by atoms with Gasteiger partial charge in [0.1, 0.15) is 12.2 Å². The number of esters is 1. The SMILES string of the molecule is [C-]#[N+]C1=CC2(C)O[C@H](c3cc(O)c(O)c(O)c3)[C@H](OC(=O)c3cc(C)c(O)c(O)c3)CC2C(C)(C)C1=O. The van der Waals surface area contributed by atoms with Crippen molar-refractivity contribution in [1.82, 2.24) is 0 Å². The first-order valence-corrected chi connectivity index (χ1v) is 11.5. The molecular formula is C27H27NO9. The number of allylic oxidation sites excluding steroid dienone is 1. The fourth-order valence-electron chi connectivity index (χ4n) is 5.34. The minimum absolute atomic E-state index is 0.0366. The minimum Gasteiger partial charge on any atom is -0.504 e. The number of carbonyl (C=O) groups excluding carboxylic acids is 2. The van der Waals surface area contributed by atoms with Crippen molar-refractivity contribution >= 4 is 11.8 Å². The van der Waals surface area contributed by atoms with Gasteiger partial charge in [-0.3, -0.25) is 0 Å². The highest BCUT2D eigenvalue weighted by Gasteiger charge is 2.57. The number of ether oxygens (including phenoxy) is 2. The van der Waals surface area contributed by atoms with E-state index in [1.54, 1.807) is 20.8 Å². The number of Topliss-reactive ketones (excluding diaryl/α,β-unsaturated/α-hetero) is 1. The van der Waals surface area contributed by atoms with Crippen LogP contribution in [0.4, 0.5) is 0 Å². The average Bonchev–Trinajstić information content (AvgIpc) is 2.83. The molecule has 4 atom stereocenters. The van der Waals surface area contributed by atoms with Crippen LogP contribution in [0.25, 0.3) is 4.85 Å². The Morgan fingerprint density at radius 2 is 1.62 bits per heavy atom. The van der Waals surface area contributed by atoms with Gasteiger partial charge in [-0.05, 0) is 61.7 Å². The molecule has 2 aromatic carbocycles. The van der Waals surface area contributed by atoms with Gasteiger partial charge >= 0.3 is 5.97 Å². The van der Waals surface area contributed by atoms with Gasteiger partial charge in [-0.15, -0.1) is 0 Å². The first-order chi connectivity index (χ1) is 17.2. The van der Waals surface area contributed by atoms with Crippen LogP contribution >= 0.6 is 0 Å². The molecular weight excluding hydrogens is 482 g/mol. The van der Waals surface area contributed by atoms with Crippen molar-refractivity contribution in [3.05, 3.63) is 64.1 Å². The summed E-state index contributed by atoms with van der Waals surface area (Å²) in [5, 5.41) is 49.8. The minimum atomic E-state index is -1.15. The maximum atomic E-state index is 13.1. The fourth-order valence-corrected chi connectivity index (χ4v) is 5.34. The van der Waals surface area contributed by atoms with Crippen molar-refractivity contribution in [2.75, 3.05) is 0 Å². The Bertz CT molecular complexity index is 1340. The molecule has 1 saturated heterocycles. The van der Waals surface area contributed by atoms with Gasteiger partial charge < -0.3 is 39.8 Å². The van der Waals surface area contributed by atoms with Crippen LogP contribution in [-0.2, 0) is 14.3 Å². The molecule has 1 heterocycles. The normalized spacial score (nSPS) is 26.5. The van der Waals surface area contributed by atoms with E-state index in [-0.39, 0.29) is 40.3 Å². The van der Waals surface area contributed by atoms with Crippen molar-refractivity contribution in [2.24, 2.45) is 11.3 Å². The summed E-state index contributed by atoms with van der Waals surface area (Å²) in [5.41, 5.74) is -1.88. The Balaban J connectivity index is 1.80. The summed E-state index contributed by atoms with van der Waals surface area (Å²) in [5.74, 6) is -4.57. The quantitative estimate of drug-likeness (QED) is 0.234. The van der Waals surface area contributed by atoms with Crippen LogP contribution in [0.3, 0.4) is 0 Å². The molecule has 37 heavy (non-hydrogen) atoms. The van der Waals surface area contributed by atoms with Crippen LogP contribution in [0.2, 0.25) is 0 Å². The molecule has 0 radical (unpaired) electrons. The zero-order valence-corrected chi connectivity index (χ0v) is 20.6. The smallest absolute Gasteiger partial charge is 0.338 e. The molecule has 2 aromatic rings. The van der Waals surface area contributed by atoms with Crippen molar-refractivity contribution in [3.8, 4) is 28.7 Å². The zero-order valence-electron chi connectivity index (χ0n) is 20.6. The summed E-state index contributed by atoms with van der Waals surface area (Å²) in [6.07, 6.45) is -0.564. The summed E-state index contributed by atoms with van der Waals surface area (Å²) in [6.45, 7) is 14.0. The second kappa shape index (κ2) is 8.71. The molecule has 0 bridgehead atoms. The lowest BCUT2D eigenvalue weighted by atomic mass is 9.60. The van der Waals surface area contributed by atoms with Crippen molar-refractivity contribution in [1.29, 1.82) is 0 Å². The van der Waals surface area contributed by atoms with Crippen molar-refractivity contribution < 1.29 is 44.6 Å². The summed E-state index contributed by atoms with van der Waals surface area (Å²) < 4.78 is 12.2. The molecule has 0 spiro atoms. The Morgan fingerprint density at radius 1 is 1.03 bits per heavy atom. The molecule has 1 fully saturated rings. The lowest BCUT2D eigenvalue weighted by molar-refractivity contribution is -0.204. The van der Waals surface area contributed by atoms with Gasteiger partial charge in [0.25, 0.3) is 0 Å². The van der Waals surface area contributed by atoms with Crippen LogP contribution in [0, 0.1) is 24.8 Å². The van der Waals surface area contributed by atoms with Crippen LogP contribution in [0.1, 0.15) is 54.8 Å². The van der Waals surface area contributed by atoms with Gasteiger partial charge in [-0.25, -0.2) is 9.64 Å². The summed E-state index contributed by atoms with van der Waals surface area (Å²) >= 11 is 0. The number of benzene rings is 2. The second-order valence-electron chi connectivity index (χ2n) is 10.2. The highest BCUT2D eigenvalue weighted by molar-refractivity contribution is 6.02. The maximum absolute atomic E-state index is 13.1. The van der Waals surface area contributed by atoms with E-state index in [0.717, 1.165) is 6.07 Å². The number of rotatable bonds is 3. The summed E-state index contributed by atoms with van der Waals surface area (Å²) in [4.78, 5) is 29.5. The lowest BCUT2D eigenvalue weighted by Crippen LogP contribution is -2.57. The lowest BCUT2D eigenvalue weighted by Gasteiger charge is -2.54. The predicted molar refractivity (Wildman–Crippen MR) is 129 cm³/mol. The molecule has 0 saturated carbocycles. The van der Waals surface area contributed by atoms with Gasteiger partial charge in [0.05, 0.1) is 17.7 Å². The van der Waals surface area contributed by atoms with Crippen LogP contribution in [-0.4, -0.2) is 49.0 Å². The van der Waals surface area contributed by atoms with E-state index >= 15 is 0 Å². The van der Waals surface area contributed by atoms with E-state index in [4.69, 9.17) is 16.0 Å². The molecule has 0 aromatic heterocycles. The third-order valence-corrected chi connectivity index (χ3v) is 7.31. The average molecular weight is 510 g/mol. The van der Waals surface area contributed by atoms with E-state index in [1.165, 1.54) is 31.2 Å². The second-order valence-corrected chi connectivity index (χ2v) is 10.2. The van der Waals surface area contributed by atoms with Gasteiger partial charge in [-0.1, -0.05) is 13.8 Å². The topological polar surface area (TPSA) is 158 Å². The molecule has 4 rings (SSSR count). The number of ketones is 1. The molecule has 194 valence electrons. The fraction of sp³-hybridized carbons (Fsp3) is 0.370. The van der Waals surface area contributed by atoms with Crippen LogP contribution < -0.4 is 0 Å². The van der Waals surface area contributed by atoms with Gasteiger partial charge in [-0.2, -0.15) is 0 Å². The zero-order chi connectivity index (χ0) is 27.4. The number of aryl methyl sites for hydroxylation is 1. The number of hydrogen-bond acceptors (Lipinski definition) is 9. The third-order valence-electron chi connectivity index (χ3n) is 7.31. The Kier molecular flexibility index (Phi) is 6.08. The largest absolute Gasteiger partial charge is 0.504 e. The molecule has 5 N–H and O–H groups in total. The molecule has 1 aliphatic carbocycles. The third kappa shape index (κ3) is 4.21. The number of phenolic OH excluding ortho intramolecular Hbond substituents is 5. The molecule has 1 aliphatic heterocycles. The van der Waals surface area contributed by atoms with Crippen molar-refractivity contribution in [3.63, 3.8) is 0 Å². The van der Waals surface area contributed by atoms with Gasteiger partial charge in [0, 0.05) is 11.3 Å². The molecule has 2 aliphatic rings. The number of nitrogens with zero attached hydrogens (tertiary/aromatic N) is 1. The Labute approximate surface area is 212 Å². The predicted octanol–water partition coefficient (Wildman–Crippen LogP) is 4.00. The first kappa shape index (κ1) is 25.9. The monoisotopic (exact) mass is 509 g/mol. The Hall–Kier alpha value is -4.23. The standard InChI is InChI=1S/C27H27NO9/c1-12-6-14(9-16(29)21(12)32)25(35)36-19-10-20-26(2,3)24(34)15(28-5)11-27(20,4)37-23(19)13-7-17(30)22(33)18(31)8-13/h6-9,11,19-20,23,29-33H,10H2,1-4H3/t19-,20?,23-,27?/m1/s1. The number of hydrogen-bond donors (Lipinski definition) is 5. The number of carbonyl (C=O) groups is 2. The van der Waals surface area contributed by atoms with Gasteiger partial charge in [0.2, 0.25) is 5.70 Å². The van der Waals surface area contributed by atoms with Crippen molar-refractivity contribution in [2.45, 2.75) is 51.9 Å². The highest BCUT2D eigenvalue weighted by atomic mass is 16.6. The first-order valence-electron chi connectivity index (χ1n) is 11.5. The molecule has 0 amide bonds. The van der Waals surface area contributed by atoms with E-state index < -0.39 is 58.1 Å². The highest BCUT2D eigenvalue weighted by Crippen LogP contribution is 2.55. The maximum Gasteiger partial charge on any atom is 0.338 e. The number of aromatic hydroxyl groups is 5. The number of fused-ring (bicyclic) bond motifs is 1. The summed E-state index contributed by atoms with van der Waals surface area (Å²) in [6, 6.07) is 4.74. The number of phenols is 5. The van der Waals surface area contributed by atoms with Gasteiger partial charge in [0.15, 0.2) is 34.5 Å². The molecule has 10 nitrogen and oxygen atoms in total. The van der Waals surface area contributed by atoms with Crippen LogP contribution in [0.5, 0.6) is 28.7 Å². The van der Waals surface area contributed by atoms with Crippen LogP contribution in [0.15, 0.2) is 36.0 Å². The molecule has 10 heteroatoms. The molecule has 2 unspecified atom stereocenters. The summed E-state index contributed by atoms with van der Waals surface area (Å²) in [7, 11) is 0. The van der Waals surface area contributed by atoms with E-state index in [2.05, 4.69) is 4.85 Å². The van der Waals surface area contributed by atoms with E-state index in [0.29, 0.717) is 0 Å². The van der Waals surface area contributed by atoms with E-state index in [9.17, 15) is 35.1 Å². The van der Waals surface area contributed by atoms with E-state index in [1.807, 2.05) is 0 Å². The Morgan fingerprint density at radius 3 is 2.19 bits per heavy atom.